The van der Waals surface area contributed by atoms with Crippen molar-refractivity contribution in [2.45, 2.75) is 13.3 Å². The van der Waals surface area contributed by atoms with Gasteiger partial charge in [0.25, 0.3) is 5.69 Å². The molecule has 1 N–H and O–H groups in total. The lowest BCUT2D eigenvalue weighted by Crippen LogP contribution is -2.06. The molecule has 0 aliphatic carbocycles. The van der Waals surface area contributed by atoms with Gasteiger partial charge in [-0.15, -0.1) is 0 Å². The Bertz CT molecular complexity index is 383. The normalized spacial score (nSPS) is 10.1. The average molecular weight is 216 g/mol. The fourth-order valence-corrected chi connectivity index (χ4v) is 1.13. The van der Waals surface area contributed by atoms with Crippen molar-refractivity contribution in [1.29, 1.82) is 0 Å². The SMILES string of the molecule is CCCNc1c(F)cc(F)cc1[N+](=O)[O-]. The molecule has 0 aliphatic rings. The lowest BCUT2D eigenvalue weighted by molar-refractivity contribution is -0.384. The summed E-state index contributed by atoms with van der Waals surface area (Å²) in [4.78, 5) is 9.71. The fourth-order valence-electron chi connectivity index (χ4n) is 1.13. The number of rotatable bonds is 4. The van der Waals surface area contributed by atoms with E-state index in [1.54, 1.807) is 0 Å². The monoisotopic (exact) mass is 216 g/mol. The molecule has 1 aromatic carbocycles. The summed E-state index contributed by atoms with van der Waals surface area (Å²) in [7, 11) is 0. The maximum absolute atomic E-state index is 13.2. The first kappa shape index (κ1) is 11.4. The van der Waals surface area contributed by atoms with Crippen LogP contribution in [0.25, 0.3) is 0 Å². The molecule has 1 aromatic rings. The van der Waals surface area contributed by atoms with Gasteiger partial charge in [-0.3, -0.25) is 10.1 Å². The molecule has 0 heterocycles. The van der Waals surface area contributed by atoms with E-state index < -0.39 is 22.2 Å². The highest BCUT2D eigenvalue weighted by atomic mass is 19.1. The van der Waals surface area contributed by atoms with Crippen LogP contribution in [-0.4, -0.2) is 11.5 Å². The molecule has 15 heavy (non-hydrogen) atoms. The highest BCUT2D eigenvalue weighted by Crippen LogP contribution is 2.28. The van der Waals surface area contributed by atoms with Crippen LogP contribution in [0.15, 0.2) is 12.1 Å². The number of nitrogens with one attached hydrogen (secondary N) is 1. The van der Waals surface area contributed by atoms with Gasteiger partial charge in [0.15, 0.2) is 5.82 Å². The Morgan fingerprint density at radius 2 is 2.13 bits per heavy atom. The van der Waals surface area contributed by atoms with E-state index in [0.717, 1.165) is 0 Å². The molecule has 0 spiro atoms. The first-order chi connectivity index (χ1) is 7.06. The zero-order chi connectivity index (χ0) is 11.4. The van der Waals surface area contributed by atoms with Gasteiger partial charge in [0.05, 0.1) is 11.0 Å². The summed E-state index contributed by atoms with van der Waals surface area (Å²) in [5, 5.41) is 13.1. The Labute approximate surface area is 85.1 Å². The van der Waals surface area contributed by atoms with Crippen LogP contribution in [0, 0.1) is 21.7 Å². The lowest BCUT2D eigenvalue weighted by Gasteiger charge is -2.06. The predicted molar refractivity (Wildman–Crippen MR) is 51.8 cm³/mol. The van der Waals surface area contributed by atoms with Crippen molar-refractivity contribution in [3.05, 3.63) is 33.9 Å². The van der Waals surface area contributed by atoms with E-state index in [-0.39, 0.29) is 5.69 Å². The Morgan fingerprint density at radius 1 is 1.47 bits per heavy atom. The number of hydrogen-bond acceptors (Lipinski definition) is 3. The van der Waals surface area contributed by atoms with E-state index in [2.05, 4.69) is 5.32 Å². The quantitative estimate of drug-likeness (QED) is 0.621. The first-order valence-corrected chi connectivity index (χ1v) is 4.43. The third-order valence-corrected chi connectivity index (χ3v) is 1.78. The molecular formula is C9H10F2N2O2. The predicted octanol–water partition coefficient (Wildman–Crippen LogP) is 2.69. The Hall–Kier alpha value is -1.72. The summed E-state index contributed by atoms with van der Waals surface area (Å²) < 4.78 is 25.9. The Morgan fingerprint density at radius 3 is 2.67 bits per heavy atom. The summed E-state index contributed by atoms with van der Waals surface area (Å²) in [6, 6.07) is 1.31. The smallest absolute Gasteiger partial charge is 0.298 e. The maximum Gasteiger partial charge on any atom is 0.298 e. The zero-order valence-electron chi connectivity index (χ0n) is 8.09. The number of anilines is 1. The molecule has 0 radical (unpaired) electrons. The van der Waals surface area contributed by atoms with E-state index in [0.29, 0.717) is 25.1 Å². The fraction of sp³-hybridized carbons (Fsp3) is 0.333. The van der Waals surface area contributed by atoms with Gasteiger partial charge < -0.3 is 5.32 Å². The first-order valence-electron chi connectivity index (χ1n) is 4.43. The van der Waals surface area contributed by atoms with E-state index in [1.165, 1.54) is 0 Å². The van der Waals surface area contributed by atoms with Gasteiger partial charge in [0.2, 0.25) is 0 Å². The second kappa shape index (κ2) is 4.68. The standard InChI is InChI=1S/C9H10F2N2O2/c1-2-3-12-9-7(11)4-6(10)5-8(9)13(14)15/h4-5,12H,2-3H2,1H3. The van der Waals surface area contributed by atoms with Crippen LogP contribution >= 0.6 is 0 Å². The van der Waals surface area contributed by atoms with Gasteiger partial charge in [0, 0.05) is 12.6 Å². The van der Waals surface area contributed by atoms with Crippen LogP contribution in [0.4, 0.5) is 20.2 Å². The molecule has 0 atom stereocenters. The summed E-state index contributed by atoms with van der Waals surface area (Å²) in [5.74, 6) is -1.91. The average Bonchev–Trinajstić information content (AvgIpc) is 2.15. The molecule has 0 fully saturated rings. The van der Waals surface area contributed by atoms with Crippen molar-refractivity contribution >= 4 is 11.4 Å². The Kier molecular flexibility index (Phi) is 3.54. The van der Waals surface area contributed by atoms with Crippen molar-refractivity contribution in [2.24, 2.45) is 0 Å². The van der Waals surface area contributed by atoms with E-state index >= 15 is 0 Å². The second-order valence-electron chi connectivity index (χ2n) is 2.97. The van der Waals surface area contributed by atoms with E-state index in [9.17, 15) is 18.9 Å². The Balaban J connectivity index is 3.15. The molecule has 0 amide bonds. The van der Waals surface area contributed by atoms with Crippen LogP contribution in [0.5, 0.6) is 0 Å². The van der Waals surface area contributed by atoms with Gasteiger partial charge in [0.1, 0.15) is 11.5 Å². The minimum absolute atomic E-state index is 0.261. The molecule has 0 unspecified atom stereocenters. The number of benzene rings is 1. The van der Waals surface area contributed by atoms with Gasteiger partial charge >= 0.3 is 0 Å². The lowest BCUT2D eigenvalue weighted by atomic mass is 10.2. The molecule has 0 aliphatic heterocycles. The van der Waals surface area contributed by atoms with Crippen molar-refractivity contribution in [3.63, 3.8) is 0 Å². The molecule has 82 valence electrons. The number of nitro groups is 1. The molecule has 0 saturated carbocycles. The van der Waals surface area contributed by atoms with Crippen molar-refractivity contribution in [2.75, 3.05) is 11.9 Å². The largest absolute Gasteiger partial charge is 0.377 e. The summed E-state index contributed by atoms with van der Waals surface area (Å²) >= 11 is 0. The van der Waals surface area contributed by atoms with Crippen molar-refractivity contribution < 1.29 is 13.7 Å². The minimum atomic E-state index is -0.957. The van der Waals surface area contributed by atoms with Gasteiger partial charge in [-0.1, -0.05) is 6.92 Å². The third kappa shape index (κ3) is 2.61. The number of nitrogens with zero attached hydrogens (tertiary/aromatic N) is 1. The van der Waals surface area contributed by atoms with Gasteiger partial charge in [-0.25, -0.2) is 8.78 Å². The highest BCUT2D eigenvalue weighted by molar-refractivity contribution is 5.62. The molecule has 0 saturated heterocycles. The number of nitro benzene ring substituents is 1. The maximum atomic E-state index is 13.2. The van der Waals surface area contributed by atoms with Crippen LogP contribution in [0.1, 0.15) is 13.3 Å². The van der Waals surface area contributed by atoms with Crippen LogP contribution in [-0.2, 0) is 0 Å². The van der Waals surface area contributed by atoms with Gasteiger partial charge in [-0.05, 0) is 6.42 Å². The minimum Gasteiger partial charge on any atom is -0.377 e. The van der Waals surface area contributed by atoms with Crippen LogP contribution in [0.3, 0.4) is 0 Å². The molecule has 4 nitrogen and oxygen atoms in total. The molecular weight excluding hydrogens is 206 g/mol. The topological polar surface area (TPSA) is 55.2 Å². The van der Waals surface area contributed by atoms with E-state index in [1.807, 2.05) is 6.92 Å². The summed E-state index contributed by atoms with van der Waals surface area (Å²) in [6.07, 6.45) is 0.688. The highest BCUT2D eigenvalue weighted by Gasteiger charge is 2.19. The molecule has 0 aromatic heterocycles. The molecule has 1 rings (SSSR count). The van der Waals surface area contributed by atoms with Gasteiger partial charge in [-0.2, -0.15) is 0 Å². The zero-order valence-corrected chi connectivity index (χ0v) is 8.09. The van der Waals surface area contributed by atoms with Crippen LogP contribution in [0.2, 0.25) is 0 Å². The number of halogens is 2. The summed E-state index contributed by atoms with van der Waals surface area (Å²) in [6.45, 7) is 2.23. The van der Waals surface area contributed by atoms with Crippen LogP contribution < -0.4 is 5.32 Å². The molecule has 0 bridgehead atoms. The van der Waals surface area contributed by atoms with Crippen molar-refractivity contribution in [1.82, 2.24) is 0 Å². The van der Waals surface area contributed by atoms with E-state index in [4.69, 9.17) is 0 Å². The second-order valence-corrected chi connectivity index (χ2v) is 2.97. The number of hydrogen-bond donors (Lipinski definition) is 1. The third-order valence-electron chi connectivity index (χ3n) is 1.78. The summed E-state index contributed by atoms with van der Waals surface area (Å²) in [5.41, 5.74) is -0.843. The van der Waals surface area contributed by atoms with Crippen molar-refractivity contribution in [3.8, 4) is 0 Å². The molecule has 6 heteroatoms.